The Hall–Kier alpha value is -3.21. The highest BCUT2D eigenvalue weighted by atomic mass is 19.1. The van der Waals surface area contributed by atoms with Crippen LogP contribution in [-0.2, 0) is 12.8 Å². The third-order valence-corrected chi connectivity index (χ3v) is 5.02. The number of pyridine rings is 1. The molecular formula is C23H22FN3O. The maximum atomic E-state index is 13.7. The number of para-hydroxylation sites is 1. The second-order valence-corrected chi connectivity index (χ2v) is 6.89. The largest absolute Gasteiger partial charge is 0.370 e. The molecule has 1 aliphatic rings. The molecule has 1 amide bonds. The van der Waals surface area contributed by atoms with Crippen molar-refractivity contribution in [2.45, 2.75) is 19.3 Å². The lowest BCUT2D eigenvalue weighted by Crippen LogP contribution is -2.35. The highest BCUT2D eigenvalue weighted by Gasteiger charge is 2.23. The minimum atomic E-state index is -0.194. The quantitative estimate of drug-likeness (QED) is 0.716. The van der Waals surface area contributed by atoms with Crippen LogP contribution in [0.3, 0.4) is 0 Å². The van der Waals surface area contributed by atoms with E-state index in [2.05, 4.69) is 16.4 Å². The number of anilines is 2. The first kappa shape index (κ1) is 18.2. The number of nitrogens with zero attached hydrogens (tertiary/aromatic N) is 2. The van der Waals surface area contributed by atoms with Crippen LogP contribution in [0.25, 0.3) is 0 Å². The fourth-order valence-corrected chi connectivity index (χ4v) is 3.55. The number of aryl methyl sites for hydroxylation is 1. The van der Waals surface area contributed by atoms with E-state index < -0.39 is 0 Å². The van der Waals surface area contributed by atoms with E-state index in [0.717, 1.165) is 25.1 Å². The number of carbonyl (C=O) groups excluding carboxylic acids is 1. The third kappa shape index (κ3) is 3.88. The molecule has 28 heavy (non-hydrogen) atoms. The first-order chi connectivity index (χ1) is 13.7. The van der Waals surface area contributed by atoms with Crippen molar-refractivity contribution >= 4 is 17.4 Å². The number of hydrogen-bond acceptors (Lipinski definition) is 3. The number of halogens is 1. The molecule has 0 saturated carbocycles. The first-order valence-corrected chi connectivity index (χ1v) is 9.55. The molecule has 1 aromatic heterocycles. The topological polar surface area (TPSA) is 45.2 Å². The number of benzene rings is 2. The third-order valence-electron chi connectivity index (χ3n) is 5.02. The summed E-state index contributed by atoms with van der Waals surface area (Å²) in [7, 11) is 0. The van der Waals surface area contributed by atoms with Crippen LogP contribution < -0.4 is 10.2 Å². The van der Waals surface area contributed by atoms with Gasteiger partial charge in [0.1, 0.15) is 11.6 Å². The zero-order valence-corrected chi connectivity index (χ0v) is 15.6. The molecule has 1 N–H and O–H groups in total. The molecule has 0 aliphatic carbocycles. The lowest BCUT2D eigenvalue weighted by atomic mass is 10.0. The van der Waals surface area contributed by atoms with Crippen LogP contribution in [-0.4, -0.2) is 24.0 Å². The average Bonchev–Trinajstić information content (AvgIpc) is 2.75. The highest BCUT2D eigenvalue weighted by molar-refractivity contribution is 6.06. The zero-order valence-electron chi connectivity index (χ0n) is 15.6. The summed E-state index contributed by atoms with van der Waals surface area (Å²) in [5, 5.41) is 3.18. The van der Waals surface area contributed by atoms with Crippen molar-refractivity contribution in [3.05, 3.63) is 89.4 Å². The Morgan fingerprint density at radius 3 is 2.71 bits per heavy atom. The number of aromatic nitrogens is 1. The van der Waals surface area contributed by atoms with Crippen molar-refractivity contribution in [1.29, 1.82) is 0 Å². The van der Waals surface area contributed by atoms with Gasteiger partial charge in [0.2, 0.25) is 0 Å². The predicted molar refractivity (Wildman–Crippen MR) is 109 cm³/mol. The number of nitrogens with one attached hydrogen (secondary N) is 1. The first-order valence-electron chi connectivity index (χ1n) is 9.55. The molecule has 5 heteroatoms. The minimum Gasteiger partial charge on any atom is -0.370 e. The van der Waals surface area contributed by atoms with Gasteiger partial charge in [-0.3, -0.25) is 4.79 Å². The second-order valence-electron chi connectivity index (χ2n) is 6.89. The van der Waals surface area contributed by atoms with Crippen LogP contribution in [0.15, 0.2) is 66.9 Å². The van der Waals surface area contributed by atoms with E-state index in [0.29, 0.717) is 29.9 Å². The molecule has 3 aromatic rings. The monoisotopic (exact) mass is 375 g/mol. The molecular weight excluding hydrogens is 353 g/mol. The molecule has 4 nitrogen and oxygen atoms in total. The van der Waals surface area contributed by atoms with E-state index in [9.17, 15) is 9.18 Å². The number of amides is 1. The van der Waals surface area contributed by atoms with Crippen molar-refractivity contribution < 1.29 is 9.18 Å². The fraction of sp³-hybridized carbons (Fsp3) is 0.217. The Morgan fingerprint density at radius 2 is 1.89 bits per heavy atom. The van der Waals surface area contributed by atoms with Gasteiger partial charge in [-0.05, 0) is 54.7 Å². The summed E-state index contributed by atoms with van der Waals surface area (Å²) in [6.07, 6.45) is 4.14. The standard InChI is InChI=1S/C23H22FN3O/c24-20-9-3-1-6-17(20)13-14-25-22-12-11-19(16-26-22)23(28)27-15-5-8-18-7-2-4-10-21(18)27/h1-4,6-7,9-12,16H,5,8,13-15H2,(H,25,26). The van der Waals surface area contributed by atoms with Crippen molar-refractivity contribution in [2.75, 3.05) is 23.3 Å². The number of carbonyl (C=O) groups is 1. The molecule has 0 saturated heterocycles. The van der Waals surface area contributed by atoms with E-state index in [1.165, 1.54) is 11.6 Å². The van der Waals surface area contributed by atoms with Gasteiger partial charge >= 0.3 is 0 Å². The van der Waals surface area contributed by atoms with Crippen molar-refractivity contribution in [1.82, 2.24) is 4.98 Å². The Kier molecular flexibility index (Phi) is 5.33. The maximum absolute atomic E-state index is 13.7. The van der Waals surface area contributed by atoms with Gasteiger partial charge in [-0.25, -0.2) is 9.37 Å². The second kappa shape index (κ2) is 8.21. The van der Waals surface area contributed by atoms with Crippen LogP contribution in [0.4, 0.5) is 15.9 Å². The Morgan fingerprint density at radius 1 is 1.07 bits per heavy atom. The SMILES string of the molecule is O=C(c1ccc(NCCc2ccccc2F)nc1)N1CCCc2ccccc21. The van der Waals surface area contributed by atoms with Gasteiger partial charge in [-0.15, -0.1) is 0 Å². The summed E-state index contributed by atoms with van der Waals surface area (Å²) in [5.41, 5.74) is 3.44. The van der Waals surface area contributed by atoms with Crippen LogP contribution in [0, 0.1) is 5.82 Å². The zero-order chi connectivity index (χ0) is 19.3. The Bertz CT molecular complexity index is 972. The van der Waals surface area contributed by atoms with Crippen LogP contribution in [0.2, 0.25) is 0 Å². The minimum absolute atomic E-state index is 0.0300. The molecule has 1 aliphatic heterocycles. The Balaban J connectivity index is 1.40. The molecule has 0 spiro atoms. The van der Waals surface area contributed by atoms with E-state index in [1.807, 2.05) is 29.2 Å². The van der Waals surface area contributed by atoms with Gasteiger partial charge in [-0.2, -0.15) is 0 Å². The maximum Gasteiger partial charge on any atom is 0.259 e. The van der Waals surface area contributed by atoms with Crippen LogP contribution in [0.1, 0.15) is 27.9 Å². The van der Waals surface area contributed by atoms with E-state index in [-0.39, 0.29) is 11.7 Å². The Labute approximate surface area is 164 Å². The molecule has 4 rings (SSSR count). The van der Waals surface area contributed by atoms with E-state index in [1.54, 1.807) is 30.5 Å². The predicted octanol–water partition coefficient (Wildman–Crippen LogP) is 4.47. The molecule has 2 aromatic carbocycles. The lowest BCUT2D eigenvalue weighted by Gasteiger charge is -2.29. The summed E-state index contributed by atoms with van der Waals surface area (Å²) < 4.78 is 13.7. The molecule has 0 atom stereocenters. The summed E-state index contributed by atoms with van der Waals surface area (Å²) >= 11 is 0. The average molecular weight is 375 g/mol. The number of fused-ring (bicyclic) bond motifs is 1. The highest BCUT2D eigenvalue weighted by Crippen LogP contribution is 2.28. The van der Waals surface area contributed by atoms with Gasteiger partial charge in [0.05, 0.1) is 5.56 Å². The van der Waals surface area contributed by atoms with Gasteiger partial charge < -0.3 is 10.2 Å². The van der Waals surface area contributed by atoms with Gasteiger partial charge in [0.25, 0.3) is 5.91 Å². The fourth-order valence-electron chi connectivity index (χ4n) is 3.55. The lowest BCUT2D eigenvalue weighted by molar-refractivity contribution is 0.0985. The van der Waals surface area contributed by atoms with Gasteiger partial charge in [0, 0.05) is 25.0 Å². The summed E-state index contributed by atoms with van der Waals surface area (Å²) in [4.78, 5) is 19.1. The summed E-state index contributed by atoms with van der Waals surface area (Å²) in [6.45, 7) is 1.29. The normalized spacial score (nSPS) is 13.1. The van der Waals surface area contributed by atoms with Crippen molar-refractivity contribution in [3.63, 3.8) is 0 Å². The summed E-state index contributed by atoms with van der Waals surface area (Å²) in [6, 6.07) is 18.4. The summed E-state index contributed by atoms with van der Waals surface area (Å²) in [5.74, 6) is 0.449. The van der Waals surface area contributed by atoms with E-state index in [4.69, 9.17) is 0 Å². The molecule has 2 heterocycles. The molecule has 0 radical (unpaired) electrons. The van der Waals surface area contributed by atoms with E-state index >= 15 is 0 Å². The van der Waals surface area contributed by atoms with Crippen molar-refractivity contribution in [3.8, 4) is 0 Å². The molecule has 0 unspecified atom stereocenters. The number of hydrogen-bond donors (Lipinski definition) is 1. The smallest absolute Gasteiger partial charge is 0.259 e. The number of rotatable bonds is 5. The van der Waals surface area contributed by atoms with Gasteiger partial charge in [0.15, 0.2) is 0 Å². The van der Waals surface area contributed by atoms with Crippen LogP contribution in [0.5, 0.6) is 0 Å². The molecule has 142 valence electrons. The molecule has 0 fully saturated rings. The van der Waals surface area contributed by atoms with Crippen LogP contribution >= 0.6 is 0 Å². The van der Waals surface area contributed by atoms with Crippen molar-refractivity contribution in [2.24, 2.45) is 0 Å². The molecule has 0 bridgehead atoms. The van der Waals surface area contributed by atoms with Gasteiger partial charge in [-0.1, -0.05) is 36.4 Å².